The average Bonchev–Trinajstić information content (AvgIpc) is 2.96. The van der Waals surface area contributed by atoms with E-state index in [4.69, 9.17) is 14.2 Å². The topological polar surface area (TPSA) is 135 Å². The van der Waals surface area contributed by atoms with Crippen LogP contribution in [-0.4, -0.2) is 78.4 Å². The summed E-state index contributed by atoms with van der Waals surface area (Å²) >= 11 is 0. The van der Waals surface area contributed by atoms with E-state index in [2.05, 4.69) is 16.0 Å². The van der Waals surface area contributed by atoms with E-state index in [1.807, 2.05) is 60.7 Å². The Morgan fingerprint density at radius 3 is 2.30 bits per heavy atom. The molecule has 3 atom stereocenters. The summed E-state index contributed by atoms with van der Waals surface area (Å²) in [6, 6.07) is 18.2. The monoisotopic (exact) mass is 608 g/mol. The summed E-state index contributed by atoms with van der Waals surface area (Å²) in [6.45, 7) is 9.30. The molecule has 3 unspecified atom stereocenters. The highest BCUT2D eigenvalue weighted by atomic mass is 16.6. The number of benzene rings is 2. The van der Waals surface area contributed by atoms with Gasteiger partial charge in [-0.3, -0.25) is 9.59 Å². The Hall–Kier alpha value is -4.12. The minimum absolute atomic E-state index is 0.0825. The van der Waals surface area contributed by atoms with Crippen LogP contribution >= 0.6 is 0 Å². The van der Waals surface area contributed by atoms with E-state index in [1.54, 1.807) is 39.5 Å². The lowest BCUT2D eigenvalue weighted by molar-refractivity contribution is -0.144. The number of rotatable bonds is 10. The van der Waals surface area contributed by atoms with Crippen LogP contribution in [0, 0.1) is 5.41 Å². The molecule has 0 saturated carbocycles. The Labute approximate surface area is 259 Å². The molecule has 11 nitrogen and oxygen atoms in total. The molecule has 11 heteroatoms. The van der Waals surface area contributed by atoms with Gasteiger partial charge in [0.2, 0.25) is 11.8 Å². The van der Waals surface area contributed by atoms with Crippen molar-refractivity contribution in [2.75, 3.05) is 26.3 Å². The van der Waals surface area contributed by atoms with E-state index in [1.165, 1.54) is 0 Å². The predicted octanol–water partition coefficient (Wildman–Crippen LogP) is 3.56. The van der Waals surface area contributed by atoms with E-state index in [0.29, 0.717) is 25.9 Å². The predicted molar refractivity (Wildman–Crippen MR) is 164 cm³/mol. The van der Waals surface area contributed by atoms with Gasteiger partial charge in [0, 0.05) is 24.5 Å². The maximum atomic E-state index is 14.1. The number of amides is 4. The van der Waals surface area contributed by atoms with Gasteiger partial charge in [0.1, 0.15) is 23.8 Å². The van der Waals surface area contributed by atoms with Crippen molar-refractivity contribution in [2.45, 2.75) is 77.3 Å². The second-order valence-corrected chi connectivity index (χ2v) is 13.1. The number of hydrogen-bond donors (Lipinski definition) is 3. The fraction of sp³-hybridized carbons (Fsp3) is 0.515. The number of nitrogens with one attached hydrogen (secondary N) is 3. The maximum Gasteiger partial charge on any atom is 0.408 e. The number of fused-ring (bicyclic) bond motifs is 1. The van der Waals surface area contributed by atoms with Crippen molar-refractivity contribution in [1.29, 1.82) is 0 Å². The van der Waals surface area contributed by atoms with Crippen LogP contribution in [0.2, 0.25) is 0 Å². The second-order valence-electron chi connectivity index (χ2n) is 13.1. The Bertz CT molecular complexity index is 1310. The van der Waals surface area contributed by atoms with Gasteiger partial charge >= 0.3 is 12.2 Å². The first kappa shape index (κ1) is 32.8. The largest absolute Gasteiger partial charge is 0.449 e. The molecule has 2 aliphatic rings. The molecule has 2 heterocycles. The highest BCUT2D eigenvalue weighted by Gasteiger charge is 2.50. The van der Waals surface area contributed by atoms with Crippen LogP contribution in [0.25, 0.3) is 0 Å². The van der Waals surface area contributed by atoms with Gasteiger partial charge in [0.05, 0.1) is 13.2 Å². The average molecular weight is 609 g/mol. The molecule has 2 saturated heterocycles. The first-order chi connectivity index (χ1) is 20.8. The summed E-state index contributed by atoms with van der Waals surface area (Å²) < 4.78 is 16.7. The molecule has 4 rings (SSSR count). The summed E-state index contributed by atoms with van der Waals surface area (Å²) in [5, 5.41) is 8.38. The molecule has 2 aromatic carbocycles. The first-order valence-corrected chi connectivity index (χ1v) is 15.0. The zero-order chi connectivity index (χ0) is 32.0. The quantitative estimate of drug-likeness (QED) is 0.375. The molecule has 44 heavy (non-hydrogen) atoms. The minimum atomic E-state index is -1.39. The van der Waals surface area contributed by atoms with Gasteiger partial charge in [-0.25, -0.2) is 9.59 Å². The van der Waals surface area contributed by atoms with Gasteiger partial charge in [-0.05, 0) is 58.6 Å². The third-order valence-electron chi connectivity index (χ3n) is 7.81. The Kier molecular flexibility index (Phi) is 10.2. The third kappa shape index (κ3) is 8.72. The SMILES string of the molecule is CC(C)(C)OC(=O)NC(C)(C)C(=O)NC(COCc1ccccc1)C(=O)N1CCC2NC(=O)OCC2(Cc2ccccc2)C1. The van der Waals surface area contributed by atoms with Gasteiger partial charge in [0.25, 0.3) is 0 Å². The smallest absolute Gasteiger partial charge is 0.408 e. The number of ether oxygens (including phenoxy) is 3. The molecule has 3 N–H and O–H groups in total. The summed E-state index contributed by atoms with van der Waals surface area (Å²) in [4.78, 5) is 53.9. The number of nitrogens with zero attached hydrogens (tertiary/aromatic N) is 1. The molecule has 4 amide bonds. The minimum Gasteiger partial charge on any atom is -0.449 e. The van der Waals surface area contributed by atoms with Crippen LogP contribution < -0.4 is 16.0 Å². The molecular weight excluding hydrogens is 564 g/mol. The van der Waals surface area contributed by atoms with Crippen LogP contribution in [0.15, 0.2) is 60.7 Å². The van der Waals surface area contributed by atoms with Gasteiger partial charge in [-0.15, -0.1) is 0 Å². The lowest BCUT2D eigenvalue weighted by atomic mass is 9.71. The number of alkyl carbamates (subject to hydrolysis) is 2. The fourth-order valence-electron chi connectivity index (χ4n) is 5.56. The number of hydrogen-bond acceptors (Lipinski definition) is 7. The van der Waals surface area contributed by atoms with Crippen molar-refractivity contribution in [2.24, 2.45) is 5.41 Å². The van der Waals surface area contributed by atoms with Crippen molar-refractivity contribution >= 4 is 24.0 Å². The zero-order valence-electron chi connectivity index (χ0n) is 26.2. The number of likely N-dealkylation sites (tertiary alicyclic amines) is 1. The molecule has 0 bridgehead atoms. The van der Waals surface area contributed by atoms with Crippen LogP contribution in [0.4, 0.5) is 9.59 Å². The van der Waals surface area contributed by atoms with Gasteiger partial charge < -0.3 is 35.1 Å². The summed E-state index contributed by atoms with van der Waals surface area (Å²) in [5.74, 6) is -0.880. The van der Waals surface area contributed by atoms with Crippen LogP contribution in [-0.2, 0) is 36.8 Å². The van der Waals surface area contributed by atoms with E-state index < -0.39 is 40.7 Å². The highest BCUT2D eigenvalue weighted by molar-refractivity contribution is 5.93. The van der Waals surface area contributed by atoms with Crippen LogP contribution in [0.5, 0.6) is 0 Å². The van der Waals surface area contributed by atoms with Crippen LogP contribution in [0.1, 0.15) is 52.2 Å². The molecule has 0 radical (unpaired) electrons. The maximum absolute atomic E-state index is 14.1. The molecule has 238 valence electrons. The molecule has 2 fully saturated rings. The van der Waals surface area contributed by atoms with Crippen molar-refractivity contribution in [3.8, 4) is 0 Å². The van der Waals surface area contributed by atoms with Crippen molar-refractivity contribution in [3.63, 3.8) is 0 Å². The molecule has 2 aromatic rings. The number of carbonyl (C=O) groups is 4. The van der Waals surface area contributed by atoms with Gasteiger partial charge in [0.15, 0.2) is 0 Å². The highest BCUT2D eigenvalue weighted by Crippen LogP contribution is 2.37. The molecule has 0 aromatic heterocycles. The normalized spacial score (nSPS) is 20.8. The standard InChI is InChI=1S/C33H44N4O7/c1-31(2,3)44-30(41)36-32(4,5)28(39)34-25(20-42-19-24-14-10-7-11-15-24)27(38)37-17-16-26-33(21-37,22-43-29(40)35-26)18-23-12-8-6-9-13-23/h6-15,25-26H,16-22H2,1-5H3,(H,34,39)(H,35,40)(H,36,41). The fourth-order valence-corrected chi connectivity index (χ4v) is 5.56. The molecule has 0 aliphatic carbocycles. The van der Waals surface area contributed by atoms with Crippen molar-refractivity contribution in [1.82, 2.24) is 20.9 Å². The molecular formula is C33H44N4O7. The van der Waals surface area contributed by atoms with E-state index in [-0.39, 0.29) is 31.8 Å². The lowest BCUT2D eigenvalue weighted by Gasteiger charge is -2.50. The lowest BCUT2D eigenvalue weighted by Crippen LogP contribution is -2.67. The summed E-state index contributed by atoms with van der Waals surface area (Å²) in [6.07, 6.45) is -0.0789. The van der Waals surface area contributed by atoms with E-state index in [9.17, 15) is 19.2 Å². The zero-order valence-corrected chi connectivity index (χ0v) is 26.2. The van der Waals surface area contributed by atoms with Crippen molar-refractivity contribution in [3.05, 3.63) is 71.8 Å². The van der Waals surface area contributed by atoms with E-state index in [0.717, 1.165) is 11.1 Å². The van der Waals surface area contributed by atoms with E-state index >= 15 is 0 Å². The van der Waals surface area contributed by atoms with Crippen LogP contribution in [0.3, 0.4) is 0 Å². The Morgan fingerprint density at radius 1 is 1.02 bits per heavy atom. The van der Waals surface area contributed by atoms with Gasteiger partial charge in [-0.1, -0.05) is 60.7 Å². The third-order valence-corrected chi connectivity index (χ3v) is 7.81. The molecule has 2 aliphatic heterocycles. The first-order valence-electron chi connectivity index (χ1n) is 15.0. The number of piperidine rings is 1. The second kappa shape index (κ2) is 13.7. The summed E-state index contributed by atoms with van der Waals surface area (Å²) in [5.41, 5.74) is -0.694. The Morgan fingerprint density at radius 2 is 1.66 bits per heavy atom. The Balaban J connectivity index is 1.52. The van der Waals surface area contributed by atoms with Gasteiger partial charge in [-0.2, -0.15) is 0 Å². The molecule has 0 spiro atoms. The number of carbonyl (C=O) groups excluding carboxylic acids is 4. The summed E-state index contributed by atoms with van der Waals surface area (Å²) in [7, 11) is 0. The van der Waals surface area contributed by atoms with Crippen molar-refractivity contribution < 1.29 is 33.4 Å². The number of cyclic esters (lactones) is 1.